The Bertz CT molecular complexity index is 1680. The minimum Gasteiger partial charge on any atom is -0.497 e. The van der Waals surface area contributed by atoms with Crippen molar-refractivity contribution in [3.05, 3.63) is 136 Å². The van der Waals surface area contributed by atoms with Gasteiger partial charge in [-0.25, -0.2) is 0 Å². The van der Waals surface area contributed by atoms with E-state index in [-0.39, 0.29) is 11.8 Å². The van der Waals surface area contributed by atoms with E-state index in [2.05, 4.69) is 33.2 Å². The molecular weight excluding hydrogens is 623 g/mol. The monoisotopic (exact) mass is 648 g/mol. The molecule has 5 aromatic rings. The summed E-state index contributed by atoms with van der Waals surface area (Å²) in [6.45, 7) is 0. The van der Waals surface area contributed by atoms with Crippen molar-refractivity contribution in [3.63, 3.8) is 0 Å². The van der Waals surface area contributed by atoms with Crippen LogP contribution in [-0.2, 0) is 5.75 Å². The molecule has 0 fully saturated rings. The second-order valence-electron chi connectivity index (χ2n) is 8.79. The second kappa shape index (κ2) is 16.0. The topological polar surface area (TPSA) is 93.2 Å². The largest absolute Gasteiger partial charge is 0.497 e. The van der Waals surface area contributed by atoms with Crippen molar-refractivity contribution in [2.24, 2.45) is 0 Å². The zero-order chi connectivity index (χ0) is 30.6. The fourth-order valence-corrected chi connectivity index (χ4v) is 5.09. The number of thiol groups is 1. The molecule has 7 nitrogen and oxygen atoms in total. The van der Waals surface area contributed by atoms with Gasteiger partial charge in [-0.1, -0.05) is 47.5 Å². The standard InChI is InChI=1S/C20H17ClN2O2S.C12H9ClN2OS/c1-25-16-8-5-14(6-9-16)13-26-19-12-15(7-10-17(19)21)23-20(24)18-4-2-3-11-22-18;13-9-5-4-8(7-11(9)17)15-12(16)10-3-1-2-6-14-10/h2-12H,13H2,1H3,(H,23,24);1-7,17H,(H,15,16). The molecule has 2 aromatic heterocycles. The number of carbonyl (C=O) groups is 2. The van der Waals surface area contributed by atoms with Crippen molar-refractivity contribution < 1.29 is 14.3 Å². The van der Waals surface area contributed by atoms with Crippen molar-refractivity contribution in [2.45, 2.75) is 15.5 Å². The zero-order valence-electron chi connectivity index (χ0n) is 22.8. The molecule has 3 aromatic carbocycles. The number of methoxy groups -OCH3 is 1. The lowest BCUT2D eigenvalue weighted by atomic mass is 10.2. The van der Waals surface area contributed by atoms with Crippen LogP contribution < -0.4 is 15.4 Å². The smallest absolute Gasteiger partial charge is 0.274 e. The summed E-state index contributed by atoms with van der Waals surface area (Å²) in [6, 6.07) is 28.8. The van der Waals surface area contributed by atoms with Gasteiger partial charge in [-0.2, -0.15) is 0 Å². The molecule has 0 unspecified atom stereocenters. The summed E-state index contributed by atoms with van der Waals surface area (Å²) in [5.41, 5.74) is 3.21. The molecule has 0 aliphatic heterocycles. The molecule has 0 spiro atoms. The van der Waals surface area contributed by atoms with Gasteiger partial charge < -0.3 is 15.4 Å². The first-order chi connectivity index (χ1) is 20.8. The minimum absolute atomic E-state index is 0.251. The molecule has 0 bridgehead atoms. The van der Waals surface area contributed by atoms with E-state index < -0.39 is 0 Å². The lowest BCUT2D eigenvalue weighted by Gasteiger charge is -2.09. The Balaban J connectivity index is 0.000000215. The van der Waals surface area contributed by atoms with Crippen LogP contribution in [0.15, 0.2) is 119 Å². The van der Waals surface area contributed by atoms with Crippen molar-refractivity contribution in [2.75, 3.05) is 17.7 Å². The highest BCUT2D eigenvalue weighted by Crippen LogP contribution is 2.32. The van der Waals surface area contributed by atoms with Crippen LogP contribution in [0.1, 0.15) is 26.5 Å². The van der Waals surface area contributed by atoms with Crippen LogP contribution in [0, 0.1) is 0 Å². The number of hydrogen-bond acceptors (Lipinski definition) is 7. The van der Waals surface area contributed by atoms with Crippen molar-refractivity contribution >= 4 is 70.8 Å². The first kappa shape index (κ1) is 31.9. The summed E-state index contributed by atoms with van der Waals surface area (Å²) in [5.74, 6) is 1.08. The number of nitrogens with zero attached hydrogens (tertiary/aromatic N) is 2. The first-order valence-electron chi connectivity index (χ1n) is 12.8. The lowest BCUT2D eigenvalue weighted by molar-refractivity contribution is 0.101. The first-order valence-corrected chi connectivity index (χ1v) is 15.0. The average Bonchev–Trinajstić information content (AvgIpc) is 3.04. The second-order valence-corrected chi connectivity index (χ2v) is 11.1. The fraction of sp³-hybridized carbons (Fsp3) is 0.0625. The van der Waals surface area contributed by atoms with Gasteiger partial charge in [0, 0.05) is 39.3 Å². The van der Waals surface area contributed by atoms with Gasteiger partial charge >= 0.3 is 0 Å². The summed E-state index contributed by atoms with van der Waals surface area (Å²) in [7, 11) is 1.65. The normalized spacial score (nSPS) is 10.2. The molecule has 0 aliphatic rings. The molecule has 11 heteroatoms. The molecule has 0 radical (unpaired) electrons. The highest BCUT2D eigenvalue weighted by atomic mass is 35.5. The van der Waals surface area contributed by atoms with Crippen LogP contribution in [0.5, 0.6) is 5.75 Å². The number of rotatable bonds is 8. The maximum Gasteiger partial charge on any atom is 0.274 e. The van der Waals surface area contributed by atoms with Crippen molar-refractivity contribution in [3.8, 4) is 5.75 Å². The van der Waals surface area contributed by atoms with Gasteiger partial charge in [-0.15, -0.1) is 24.4 Å². The van der Waals surface area contributed by atoms with Crippen LogP contribution >= 0.6 is 47.6 Å². The lowest BCUT2D eigenvalue weighted by Crippen LogP contribution is -2.13. The number of pyridine rings is 2. The van der Waals surface area contributed by atoms with Gasteiger partial charge in [0.05, 0.1) is 17.2 Å². The number of amides is 2. The minimum atomic E-state index is -0.263. The van der Waals surface area contributed by atoms with Crippen LogP contribution in [-0.4, -0.2) is 28.9 Å². The number of benzene rings is 3. The summed E-state index contributed by atoms with van der Waals surface area (Å²) >= 11 is 17.9. The molecule has 2 amide bonds. The molecule has 0 atom stereocenters. The number of aromatic nitrogens is 2. The number of carbonyl (C=O) groups excluding carboxylic acids is 2. The summed E-state index contributed by atoms with van der Waals surface area (Å²) < 4.78 is 5.17. The maximum atomic E-state index is 12.2. The third-order valence-corrected chi connectivity index (χ3v) is 8.14. The van der Waals surface area contributed by atoms with Gasteiger partial charge in [-0.05, 0) is 78.4 Å². The predicted molar refractivity (Wildman–Crippen MR) is 177 cm³/mol. The van der Waals surface area contributed by atoms with E-state index >= 15 is 0 Å². The average molecular weight is 650 g/mol. The number of thioether (sulfide) groups is 1. The van der Waals surface area contributed by atoms with Crippen LogP contribution in [0.4, 0.5) is 11.4 Å². The zero-order valence-corrected chi connectivity index (χ0v) is 26.1. The molecule has 0 saturated heterocycles. The van der Waals surface area contributed by atoms with Crippen molar-refractivity contribution in [1.29, 1.82) is 0 Å². The molecule has 43 heavy (non-hydrogen) atoms. The van der Waals surface area contributed by atoms with E-state index in [1.807, 2.05) is 30.3 Å². The highest BCUT2D eigenvalue weighted by Gasteiger charge is 2.10. The van der Waals surface area contributed by atoms with E-state index in [4.69, 9.17) is 27.9 Å². The Labute approximate surface area is 269 Å². The van der Waals surface area contributed by atoms with E-state index in [1.165, 1.54) is 0 Å². The Kier molecular flexibility index (Phi) is 11.9. The van der Waals surface area contributed by atoms with Crippen LogP contribution in [0.25, 0.3) is 0 Å². The van der Waals surface area contributed by atoms with Crippen LogP contribution in [0.3, 0.4) is 0 Å². The van der Waals surface area contributed by atoms with Crippen molar-refractivity contribution in [1.82, 2.24) is 9.97 Å². The third kappa shape index (κ3) is 9.76. The molecule has 2 heterocycles. The van der Waals surface area contributed by atoms with E-state index in [0.29, 0.717) is 37.7 Å². The molecule has 0 aliphatic carbocycles. The molecule has 0 saturated carbocycles. The SMILES string of the molecule is COc1ccc(CSc2cc(NC(=O)c3ccccn3)ccc2Cl)cc1.O=C(Nc1ccc(Cl)c(S)c1)c1ccccn1. The van der Waals surface area contributed by atoms with Gasteiger partial charge in [0.2, 0.25) is 0 Å². The Hall–Kier alpha value is -4.02. The molecule has 5 rings (SSSR count). The summed E-state index contributed by atoms with van der Waals surface area (Å²) in [4.78, 5) is 33.5. The number of nitrogens with one attached hydrogen (secondary N) is 2. The quantitative estimate of drug-likeness (QED) is 0.115. The van der Waals surface area contributed by atoms with Gasteiger partial charge in [0.15, 0.2) is 0 Å². The highest BCUT2D eigenvalue weighted by molar-refractivity contribution is 7.98. The summed E-state index contributed by atoms with van der Waals surface area (Å²) in [5, 5.41) is 6.76. The van der Waals surface area contributed by atoms with Crippen LogP contribution in [0.2, 0.25) is 10.0 Å². The maximum absolute atomic E-state index is 12.2. The number of hydrogen-bond donors (Lipinski definition) is 3. The van der Waals surface area contributed by atoms with Gasteiger partial charge in [-0.3, -0.25) is 19.6 Å². The van der Waals surface area contributed by atoms with Gasteiger partial charge in [0.1, 0.15) is 17.1 Å². The summed E-state index contributed by atoms with van der Waals surface area (Å²) in [6.07, 6.45) is 3.16. The number of anilines is 2. The van der Waals surface area contributed by atoms with E-state index in [9.17, 15) is 9.59 Å². The third-order valence-electron chi connectivity index (χ3n) is 5.74. The number of ether oxygens (including phenoxy) is 1. The number of halogens is 2. The Morgan fingerprint density at radius 2 is 1.33 bits per heavy atom. The molecule has 2 N–H and O–H groups in total. The van der Waals surface area contributed by atoms with E-state index in [1.54, 1.807) is 98.0 Å². The van der Waals surface area contributed by atoms with E-state index in [0.717, 1.165) is 22.0 Å². The molecule has 218 valence electrons. The predicted octanol–water partition coefficient (Wildman–Crippen LogP) is 8.56. The fourth-order valence-electron chi connectivity index (χ4n) is 3.55. The Morgan fingerprint density at radius 1 is 0.767 bits per heavy atom. The molecular formula is C32H26Cl2N4O3S2. The Morgan fingerprint density at radius 3 is 1.84 bits per heavy atom. The van der Waals surface area contributed by atoms with Gasteiger partial charge in [0.25, 0.3) is 11.8 Å².